The maximum absolute atomic E-state index is 13.0. The van der Waals surface area contributed by atoms with E-state index in [4.69, 9.17) is 0 Å². The van der Waals surface area contributed by atoms with Crippen molar-refractivity contribution in [3.8, 4) is 0 Å². The molecule has 1 amide bonds. The SMILES string of the molecule is CCN(C(=O)c1cc(NCCN(C)C)nc(C)n1)c1cccc(C)c1. The first kappa shape index (κ1) is 18.9. The van der Waals surface area contributed by atoms with Gasteiger partial charge in [0.25, 0.3) is 5.91 Å². The van der Waals surface area contributed by atoms with Gasteiger partial charge in [-0.15, -0.1) is 0 Å². The molecule has 1 heterocycles. The summed E-state index contributed by atoms with van der Waals surface area (Å²) in [4.78, 5) is 25.5. The molecule has 0 aliphatic carbocycles. The number of nitrogens with zero attached hydrogens (tertiary/aromatic N) is 4. The van der Waals surface area contributed by atoms with E-state index in [1.54, 1.807) is 17.9 Å². The lowest BCUT2D eigenvalue weighted by Crippen LogP contribution is -2.31. The number of likely N-dealkylation sites (N-methyl/N-ethyl adjacent to an activating group) is 1. The number of benzene rings is 1. The first-order valence-corrected chi connectivity index (χ1v) is 8.53. The summed E-state index contributed by atoms with van der Waals surface area (Å²) in [5.41, 5.74) is 2.41. The molecule has 0 bridgehead atoms. The lowest BCUT2D eigenvalue weighted by atomic mass is 10.2. The van der Waals surface area contributed by atoms with E-state index in [-0.39, 0.29) is 5.91 Å². The van der Waals surface area contributed by atoms with Crippen molar-refractivity contribution in [2.75, 3.05) is 43.9 Å². The number of hydrogen-bond donors (Lipinski definition) is 1. The maximum atomic E-state index is 13.0. The Balaban J connectivity index is 2.23. The highest BCUT2D eigenvalue weighted by atomic mass is 16.2. The maximum Gasteiger partial charge on any atom is 0.277 e. The highest BCUT2D eigenvalue weighted by molar-refractivity contribution is 6.05. The Morgan fingerprint density at radius 3 is 2.56 bits per heavy atom. The van der Waals surface area contributed by atoms with Crippen LogP contribution in [0, 0.1) is 13.8 Å². The fraction of sp³-hybridized carbons (Fsp3) is 0.421. The lowest BCUT2D eigenvalue weighted by Gasteiger charge is -2.21. The monoisotopic (exact) mass is 341 g/mol. The number of nitrogens with one attached hydrogen (secondary N) is 1. The average molecular weight is 341 g/mol. The predicted molar refractivity (Wildman–Crippen MR) is 102 cm³/mol. The minimum atomic E-state index is -0.116. The van der Waals surface area contributed by atoms with E-state index >= 15 is 0 Å². The molecule has 0 unspecified atom stereocenters. The topological polar surface area (TPSA) is 61.4 Å². The van der Waals surface area contributed by atoms with Gasteiger partial charge in [0, 0.05) is 31.4 Å². The number of carbonyl (C=O) groups excluding carboxylic acids is 1. The van der Waals surface area contributed by atoms with E-state index in [9.17, 15) is 4.79 Å². The number of carbonyl (C=O) groups is 1. The Bertz CT molecular complexity index is 730. The molecule has 25 heavy (non-hydrogen) atoms. The standard InChI is InChI=1S/C19H27N5O/c1-6-24(16-9-7-8-14(2)12-16)19(25)17-13-18(22-15(3)21-17)20-10-11-23(4)5/h7-9,12-13H,6,10-11H2,1-5H3,(H,20,21,22). The van der Waals surface area contributed by atoms with Crippen LogP contribution in [0.4, 0.5) is 11.5 Å². The lowest BCUT2D eigenvalue weighted by molar-refractivity contribution is 0.0983. The van der Waals surface area contributed by atoms with Crippen molar-refractivity contribution in [1.29, 1.82) is 0 Å². The van der Waals surface area contributed by atoms with Gasteiger partial charge in [0.15, 0.2) is 0 Å². The molecular formula is C19H27N5O. The van der Waals surface area contributed by atoms with E-state index in [0.29, 0.717) is 23.9 Å². The molecule has 134 valence electrons. The summed E-state index contributed by atoms with van der Waals surface area (Å²) in [6.45, 7) is 8.00. The van der Waals surface area contributed by atoms with E-state index < -0.39 is 0 Å². The van der Waals surface area contributed by atoms with Gasteiger partial charge in [-0.1, -0.05) is 12.1 Å². The highest BCUT2D eigenvalue weighted by Crippen LogP contribution is 2.19. The third-order valence-corrected chi connectivity index (χ3v) is 3.80. The van der Waals surface area contributed by atoms with Crippen LogP contribution in [-0.2, 0) is 0 Å². The molecule has 6 nitrogen and oxygen atoms in total. The van der Waals surface area contributed by atoms with Gasteiger partial charge in [0.2, 0.25) is 0 Å². The second-order valence-corrected chi connectivity index (χ2v) is 6.30. The van der Waals surface area contributed by atoms with Crippen molar-refractivity contribution < 1.29 is 4.79 Å². The molecule has 0 atom stereocenters. The summed E-state index contributed by atoms with van der Waals surface area (Å²) >= 11 is 0. The summed E-state index contributed by atoms with van der Waals surface area (Å²) in [7, 11) is 4.03. The van der Waals surface area contributed by atoms with Crippen LogP contribution in [0.15, 0.2) is 30.3 Å². The first-order valence-electron chi connectivity index (χ1n) is 8.53. The molecular weight excluding hydrogens is 314 g/mol. The molecule has 1 aromatic carbocycles. The largest absolute Gasteiger partial charge is 0.369 e. The summed E-state index contributed by atoms with van der Waals surface area (Å²) in [5.74, 6) is 1.14. The van der Waals surface area contributed by atoms with Gasteiger partial charge in [-0.3, -0.25) is 4.79 Å². The molecule has 1 N–H and O–H groups in total. The Kier molecular flexibility index (Phi) is 6.47. The van der Waals surface area contributed by atoms with Crippen molar-refractivity contribution in [3.05, 3.63) is 47.4 Å². The first-order chi connectivity index (χ1) is 11.9. The predicted octanol–water partition coefficient (Wildman–Crippen LogP) is 2.73. The van der Waals surface area contributed by atoms with Crippen molar-refractivity contribution in [2.45, 2.75) is 20.8 Å². The third kappa shape index (κ3) is 5.26. The Hall–Kier alpha value is -2.47. The molecule has 0 saturated heterocycles. The zero-order chi connectivity index (χ0) is 18.4. The van der Waals surface area contributed by atoms with E-state index in [1.807, 2.05) is 52.2 Å². The number of aryl methyl sites for hydroxylation is 2. The Morgan fingerprint density at radius 2 is 1.92 bits per heavy atom. The molecule has 0 radical (unpaired) electrons. The summed E-state index contributed by atoms with van der Waals surface area (Å²) in [6, 6.07) is 9.65. The molecule has 2 aromatic rings. The third-order valence-electron chi connectivity index (χ3n) is 3.80. The van der Waals surface area contributed by atoms with Crippen LogP contribution in [-0.4, -0.2) is 54.5 Å². The normalized spacial score (nSPS) is 10.8. The molecule has 0 aliphatic rings. The quantitative estimate of drug-likeness (QED) is 0.839. The minimum absolute atomic E-state index is 0.116. The van der Waals surface area contributed by atoms with Crippen molar-refractivity contribution in [1.82, 2.24) is 14.9 Å². The number of rotatable bonds is 7. The zero-order valence-electron chi connectivity index (χ0n) is 15.7. The van der Waals surface area contributed by atoms with Gasteiger partial charge < -0.3 is 15.1 Å². The van der Waals surface area contributed by atoms with E-state index in [2.05, 4.69) is 20.2 Å². The van der Waals surface area contributed by atoms with E-state index in [0.717, 1.165) is 24.3 Å². The molecule has 0 aliphatic heterocycles. The van der Waals surface area contributed by atoms with Crippen LogP contribution in [0.5, 0.6) is 0 Å². The Labute approximate surface area is 149 Å². The van der Waals surface area contributed by atoms with Crippen LogP contribution in [0.3, 0.4) is 0 Å². The second kappa shape index (κ2) is 8.58. The molecule has 0 fully saturated rings. The van der Waals surface area contributed by atoms with Crippen molar-refractivity contribution in [3.63, 3.8) is 0 Å². The highest BCUT2D eigenvalue weighted by Gasteiger charge is 2.19. The van der Waals surface area contributed by atoms with Gasteiger partial charge in [-0.2, -0.15) is 0 Å². The van der Waals surface area contributed by atoms with Gasteiger partial charge in [0.1, 0.15) is 17.3 Å². The fourth-order valence-electron chi connectivity index (χ4n) is 2.55. The van der Waals surface area contributed by atoms with Crippen LogP contribution >= 0.6 is 0 Å². The van der Waals surface area contributed by atoms with Crippen LogP contribution < -0.4 is 10.2 Å². The molecule has 2 rings (SSSR count). The van der Waals surface area contributed by atoms with Crippen LogP contribution in [0.25, 0.3) is 0 Å². The van der Waals surface area contributed by atoms with Crippen LogP contribution in [0.2, 0.25) is 0 Å². The molecule has 0 saturated carbocycles. The van der Waals surface area contributed by atoms with E-state index in [1.165, 1.54) is 0 Å². The minimum Gasteiger partial charge on any atom is -0.369 e. The van der Waals surface area contributed by atoms with Gasteiger partial charge in [-0.25, -0.2) is 9.97 Å². The van der Waals surface area contributed by atoms with Gasteiger partial charge >= 0.3 is 0 Å². The second-order valence-electron chi connectivity index (χ2n) is 6.30. The summed E-state index contributed by atoms with van der Waals surface area (Å²) < 4.78 is 0. The average Bonchev–Trinajstić information content (AvgIpc) is 2.54. The summed E-state index contributed by atoms with van der Waals surface area (Å²) in [5, 5.41) is 3.25. The van der Waals surface area contributed by atoms with Gasteiger partial charge in [-0.05, 0) is 52.6 Å². The Morgan fingerprint density at radius 1 is 1.16 bits per heavy atom. The number of anilines is 2. The molecule has 1 aromatic heterocycles. The summed E-state index contributed by atoms with van der Waals surface area (Å²) in [6.07, 6.45) is 0. The smallest absolute Gasteiger partial charge is 0.277 e. The fourth-order valence-corrected chi connectivity index (χ4v) is 2.55. The number of aromatic nitrogens is 2. The number of amides is 1. The number of hydrogen-bond acceptors (Lipinski definition) is 5. The van der Waals surface area contributed by atoms with Crippen LogP contribution in [0.1, 0.15) is 28.8 Å². The molecule has 0 spiro atoms. The zero-order valence-corrected chi connectivity index (χ0v) is 15.7. The van der Waals surface area contributed by atoms with Crippen molar-refractivity contribution in [2.24, 2.45) is 0 Å². The van der Waals surface area contributed by atoms with Gasteiger partial charge in [0.05, 0.1) is 0 Å². The van der Waals surface area contributed by atoms with Crippen molar-refractivity contribution >= 4 is 17.4 Å². The molecule has 6 heteroatoms.